The predicted octanol–water partition coefficient (Wildman–Crippen LogP) is 2.89. The smallest absolute Gasteiger partial charge is 0.160 e. The second-order valence-corrected chi connectivity index (χ2v) is 4.54. The summed E-state index contributed by atoms with van der Waals surface area (Å²) >= 11 is 0. The molecule has 0 saturated carbocycles. The van der Waals surface area contributed by atoms with E-state index in [1.807, 2.05) is 13.8 Å². The number of aliphatic hydroxyl groups is 1. The molecule has 4 heteroatoms. The summed E-state index contributed by atoms with van der Waals surface area (Å²) in [7, 11) is 0. The van der Waals surface area contributed by atoms with Gasteiger partial charge >= 0.3 is 0 Å². The summed E-state index contributed by atoms with van der Waals surface area (Å²) in [6.45, 7) is 10.4. The van der Waals surface area contributed by atoms with Gasteiger partial charge < -0.3 is 9.84 Å². The molecule has 0 saturated heterocycles. The van der Waals surface area contributed by atoms with Gasteiger partial charge in [-0.3, -0.25) is 0 Å². The van der Waals surface area contributed by atoms with Crippen LogP contribution >= 0.6 is 0 Å². The van der Waals surface area contributed by atoms with Gasteiger partial charge in [-0.15, -0.1) is 0 Å². The second-order valence-electron chi connectivity index (χ2n) is 4.54. The van der Waals surface area contributed by atoms with E-state index in [2.05, 4.69) is 23.8 Å². The number of aryl methyl sites for hydroxylation is 1. The first-order valence-corrected chi connectivity index (χ1v) is 6.66. The zero-order chi connectivity index (χ0) is 13.8. The van der Waals surface area contributed by atoms with E-state index in [-0.39, 0.29) is 0 Å². The topological polar surface area (TPSA) is 55.2 Å². The third-order valence-corrected chi connectivity index (χ3v) is 3.44. The first-order valence-electron chi connectivity index (χ1n) is 6.66. The van der Waals surface area contributed by atoms with Crippen molar-refractivity contribution in [2.45, 2.75) is 59.2 Å². The molecule has 1 aromatic rings. The molecule has 1 atom stereocenters. The van der Waals surface area contributed by atoms with Gasteiger partial charge in [0.05, 0.1) is 6.10 Å². The predicted molar refractivity (Wildman–Crippen MR) is 71.3 cm³/mol. The van der Waals surface area contributed by atoms with Crippen LogP contribution < -0.4 is 0 Å². The first-order chi connectivity index (χ1) is 8.50. The maximum absolute atomic E-state index is 9.60. The molecule has 0 radical (unpaired) electrons. The van der Waals surface area contributed by atoms with E-state index in [0.717, 1.165) is 29.9 Å². The summed E-state index contributed by atoms with van der Waals surface area (Å²) in [6, 6.07) is 0. The van der Waals surface area contributed by atoms with Crippen LogP contribution in [0, 0.1) is 6.92 Å². The van der Waals surface area contributed by atoms with E-state index in [0.29, 0.717) is 6.61 Å². The van der Waals surface area contributed by atoms with Gasteiger partial charge in [-0.1, -0.05) is 13.8 Å². The quantitative estimate of drug-likeness (QED) is 0.845. The van der Waals surface area contributed by atoms with Crippen LogP contribution in [0.5, 0.6) is 0 Å². The highest BCUT2D eigenvalue weighted by Crippen LogP contribution is 2.31. The maximum atomic E-state index is 9.60. The highest BCUT2D eigenvalue weighted by Gasteiger charge is 2.32. The lowest BCUT2D eigenvalue weighted by atomic mass is 9.95. The van der Waals surface area contributed by atoms with Crippen molar-refractivity contribution in [2.24, 2.45) is 0 Å². The Morgan fingerprint density at radius 3 is 2.33 bits per heavy atom. The molecule has 1 rings (SSSR count). The molecule has 102 valence electrons. The second kappa shape index (κ2) is 6.25. The molecule has 1 aromatic heterocycles. The van der Waals surface area contributed by atoms with Crippen molar-refractivity contribution in [3.8, 4) is 0 Å². The molecule has 0 aliphatic carbocycles. The van der Waals surface area contributed by atoms with E-state index >= 15 is 0 Å². The monoisotopic (exact) mass is 252 g/mol. The van der Waals surface area contributed by atoms with Crippen LogP contribution in [-0.2, 0) is 10.3 Å². The lowest BCUT2D eigenvalue weighted by Crippen LogP contribution is -2.31. The Morgan fingerprint density at radius 2 is 1.94 bits per heavy atom. The fraction of sp³-hybridized carbons (Fsp3) is 0.714. The Balaban J connectivity index is 3.18. The molecule has 0 amide bonds. The number of ether oxygens (including phenoxy) is 1. The molecule has 0 aromatic carbocycles. The van der Waals surface area contributed by atoms with Crippen LogP contribution in [0.15, 0.2) is 6.20 Å². The normalized spacial score (nSPS) is 13.7. The molecule has 0 fully saturated rings. The molecule has 0 aliphatic heterocycles. The molecule has 0 spiro atoms. The van der Waals surface area contributed by atoms with Crippen molar-refractivity contribution in [1.82, 2.24) is 9.97 Å². The van der Waals surface area contributed by atoms with Gasteiger partial charge in [0.15, 0.2) is 5.82 Å². The third-order valence-electron chi connectivity index (χ3n) is 3.44. The van der Waals surface area contributed by atoms with E-state index in [4.69, 9.17) is 4.74 Å². The van der Waals surface area contributed by atoms with E-state index < -0.39 is 11.7 Å². The Hall–Kier alpha value is -1.00. The Kier molecular flexibility index (Phi) is 5.23. The van der Waals surface area contributed by atoms with Gasteiger partial charge in [-0.05, 0) is 33.6 Å². The molecule has 1 N–H and O–H groups in total. The summed E-state index contributed by atoms with van der Waals surface area (Å²) in [4.78, 5) is 8.93. The van der Waals surface area contributed by atoms with Crippen molar-refractivity contribution >= 4 is 0 Å². The van der Waals surface area contributed by atoms with Gasteiger partial charge in [0.25, 0.3) is 0 Å². The van der Waals surface area contributed by atoms with Gasteiger partial charge in [0.1, 0.15) is 5.60 Å². The van der Waals surface area contributed by atoms with Crippen LogP contribution in [0.2, 0.25) is 0 Å². The highest BCUT2D eigenvalue weighted by atomic mass is 16.5. The average molecular weight is 252 g/mol. The molecule has 0 unspecified atom stereocenters. The lowest BCUT2D eigenvalue weighted by molar-refractivity contribution is -0.0573. The van der Waals surface area contributed by atoms with Crippen molar-refractivity contribution in [3.63, 3.8) is 0 Å². The fourth-order valence-electron chi connectivity index (χ4n) is 2.22. The van der Waals surface area contributed by atoms with Crippen LogP contribution in [0.4, 0.5) is 0 Å². The van der Waals surface area contributed by atoms with Gasteiger partial charge in [-0.2, -0.15) is 0 Å². The molecule has 4 nitrogen and oxygen atoms in total. The van der Waals surface area contributed by atoms with Gasteiger partial charge in [0, 0.05) is 24.1 Å². The summed E-state index contributed by atoms with van der Waals surface area (Å²) in [5, 5.41) is 9.60. The number of nitrogens with zero attached hydrogens (tertiary/aromatic N) is 2. The van der Waals surface area contributed by atoms with Gasteiger partial charge in [0.2, 0.25) is 0 Å². The van der Waals surface area contributed by atoms with E-state index in [1.54, 1.807) is 13.1 Å². The van der Waals surface area contributed by atoms with Gasteiger partial charge in [-0.25, -0.2) is 9.97 Å². The summed E-state index contributed by atoms with van der Waals surface area (Å²) in [6.07, 6.45) is 2.85. The summed E-state index contributed by atoms with van der Waals surface area (Å²) in [5.41, 5.74) is 1.19. The zero-order valence-electron chi connectivity index (χ0n) is 12.0. The standard InChI is InChI=1S/C14H24N2O2/c1-6-14(7-2,18-8-3)13-15-9-12(11(5)17)10(4)16-13/h9,11,17H,6-8H2,1-5H3/t11-/m0/s1. The number of hydrogen-bond acceptors (Lipinski definition) is 4. The number of rotatable bonds is 6. The van der Waals surface area contributed by atoms with Crippen molar-refractivity contribution < 1.29 is 9.84 Å². The molecule has 1 heterocycles. The van der Waals surface area contributed by atoms with Crippen molar-refractivity contribution in [1.29, 1.82) is 0 Å². The summed E-state index contributed by atoms with van der Waals surface area (Å²) in [5.74, 6) is 0.719. The van der Waals surface area contributed by atoms with Crippen molar-refractivity contribution in [2.75, 3.05) is 6.61 Å². The summed E-state index contributed by atoms with van der Waals surface area (Å²) < 4.78 is 5.88. The molecular weight excluding hydrogens is 228 g/mol. The SMILES string of the molecule is CCOC(CC)(CC)c1ncc([C@H](C)O)c(C)n1. The maximum Gasteiger partial charge on any atom is 0.160 e. The fourth-order valence-corrected chi connectivity index (χ4v) is 2.22. The Morgan fingerprint density at radius 1 is 1.33 bits per heavy atom. The largest absolute Gasteiger partial charge is 0.389 e. The van der Waals surface area contributed by atoms with Crippen LogP contribution in [0.3, 0.4) is 0 Å². The molecule has 18 heavy (non-hydrogen) atoms. The Bertz CT molecular complexity index is 387. The van der Waals surface area contributed by atoms with Crippen LogP contribution in [0.1, 0.15) is 63.7 Å². The number of hydrogen-bond donors (Lipinski definition) is 1. The third kappa shape index (κ3) is 2.87. The van der Waals surface area contributed by atoms with Crippen molar-refractivity contribution in [3.05, 3.63) is 23.3 Å². The van der Waals surface area contributed by atoms with Crippen LogP contribution in [-0.4, -0.2) is 21.7 Å². The number of aliphatic hydroxyl groups excluding tert-OH is 1. The molecule has 0 bridgehead atoms. The van der Waals surface area contributed by atoms with Crippen LogP contribution in [0.25, 0.3) is 0 Å². The lowest BCUT2D eigenvalue weighted by Gasteiger charge is -2.30. The minimum absolute atomic E-state index is 0.406. The first kappa shape index (κ1) is 15.1. The minimum atomic E-state index is -0.538. The number of aromatic nitrogens is 2. The molecule has 0 aliphatic rings. The highest BCUT2D eigenvalue weighted by molar-refractivity contribution is 5.20. The Labute approximate surface area is 109 Å². The zero-order valence-corrected chi connectivity index (χ0v) is 12.0. The molecular formula is C14H24N2O2. The average Bonchev–Trinajstić information content (AvgIpc) is 2.35. The van der Waals surface area contributed by atoms with E-state index in [9.17, 15) is 5.11 Å². The minimum Gasteiger partial charge on any atom is -0.389 e. The van der Waals surface area contributed by atoms with E-state index in [1.165, 1.54) is 0 Å².